The topological polar surface area (TPSA) is 84.2 Å². The summed E-state index contributed by atoms with van der Waals surface area (Å²) in [6, 6.07) is 0. The van der Waals surface area contributed by atoms with Gasteiger partial charge in [0.05, 0.1) is 6.33 Å². The lowest BCUT2D eigenvalue weighted by Gasteiger charge is -2.24. The molecule has 0 saturated carbocycles. The van der Waals surface area contributed by atoms with Gasteiger partial charge in [-0.15, -0.1) is 0 Å². The fourth-order valence-electron chi connectivity index (χ4n) is 1.66. The van der Waals surface area contributed by atoms with Crippen LogP contribution in [0, 0.1) is 5.41 Å². The first-order chi connectivity index (χ1) is 8.80. The van der Waals surface area contributed by atoms with Gasteiger partial charge in [0, 0.05) is 25.9 Å². The molecule has 6 nitrogen and oxygen atoms in total. The zero-order valence-corrected chi connectivity index (χ0v) is 12.6. The number of aryl methyl sites for hydroxylation is 1. The van der Waals surface area contributed by atoms with E-state index in [0.717, 1.165) is 6.42 Å². The summed E-state index contributed by atoms with van der Waals surface area (Å²) in [5.74, 6) is 0. The molecule has 1 heterocycles. The van der Waals surface area contributed by atoms with Gasteiger partial charge < -0.3 is 9.67 Å². The molecule has 1 aromatic heterocycles. The van der Waals surface area contributed by atoms with E-state index < -0.39 is 10.0 Å². The second-order valence-electron chi connectivity index (χ2n) is 5.36. The van der Waals surface area contributed by atoms with Gasteiger partial charge in [0.1, 0.15) is 0 Å². The number of nitrogens with one attached hydrogen (secondary N) is 1. The number of aromatic nitrogens is 2. The minimum Gasteiger partial charge on any atom is -0.396 e. The van der Waals surface area contributed by atoms with Crippen molar-refractivity contribution in [3.8, 4) is 0 Å². The minimum absolute atomic E-state index is 0.0484. The van der Waals surface area contributed by atoms with Crippen molar-refractivity contribution in [2.45, 2.75) is 45.2 Å². The van der Waals surface area contributed by atoms with E-state index in [1.54, 1.807) is 4.57 Å². The molecule has 1 aromatic rings. The van der Waals surface area contributed by atoms with Gasteiger partial charge in [-0.05, 0) is 25.2 Å². The molecule has 0 amide bonds. The van der Waals surface area contributed by atoms with Crippen LogP contribution >= 0.6 is 0 Å². The zero-order chi connectivity index (χ0) is 14.5. The number of aliphatic hydroxyl groups excluding tert-OH is 1. The summed E-state index contributed by atoms with van der Waals surface area (Å²) in [6.45, 7) is 6.99. The normalized spacial score (nSPS) is 12.8. The summed E-state index contributed by atoms with van der Waals surface area (Å²) in [6.07, 6.45) is 4.45. The highest BCUT2D eigenvalue weighted by Gasteiger charge is 2.23. The van der Waals surface area contributed by atoms with Gasteiger partial charge in [0.25, 0.3) is 10.0 Å². The predicted octanol–water partition coefficient (Wildman–Crippen LogP) is 0.980. The van der Waals surface area contributed by atoms with Crippen LogP contribution in [0.2, 0.25) is 0 Å². The molecule has 0 saturated heterocycles. The first kappa shape index (κ1) is 16.1. The quantitative estimate of drug-likeness (QED) is 0.747. The highest BCUT2D eigenvalue weighted by molar-refractivity contribution is 7.89. The van der Waals surface area contributed by atoms with Gasteiger partial charge in [-0.25, -0.2) is 18.1 Å². The van der Waals surface area contributed by atoms with E-state index in [1.165, 1.54) is 12.5 Å². The van der Waals surface area contributed by atoms with Crippen LogP contribution in [-0.2, 0) is 16.6 Å². The molecule has 0 bridgehead atoms. The van der Waals surface area contributed by atoms with Crippen molar-refractivity contribution in [3.05, 3.63) is 12.5 Å². The molecule has 0 radical (unpaired) electrons. The third-order valence-corrected chi connectivity index (χ3v) is 4.29. The number of sulfonamides is 1. The van der Waals surface area contributed by atoms with E-state index in [-0.39, 0.29) is 17.0 Å². The molecule has 1 rings (SSSR count). The van der Waals surface area contributed by atoms with Crippen LogP contribution in [0.5, 0.6) is 0 Å². The summed E-state index contributed by atoms with van der Waals surface area (Å²) in [5.41, 5.74) is -0.191. The van der Waals surface area contributed by atoms with Crippen molar-refractivity contribution in [1.82, 2.24) is 14.3 Å². The summed E-state index contributed by atoms with van der Waals surface area (Å²) in [5, 5.41) is 8.86. The Labute approximate surface area is 114 Å². The number of nitrogens with zero attached hydrogens (tertiary/aromatic N) is 2. The summed E-state index contributed by atoms with van der Waals surface area (Å²) in [4.78, 5) is 3.89. The maximum absolute atomic E-state index is 12.0. The molecular formula is C12H23N3O3S. The van der Waals surface area contributed by atoms with Crippen LogP contribution in [0.25, 0.3) is 0 Å². The Morgan fingerprint density at radius 3 is 2.68 bits per heavy atom. The molecule has 0 aliphatic carbocycles. The van der Waals surface area contributed by atoms with E-state index in [1.807, 2.05) is 20.8 Å². The Kier molecular flexibility index (Phi) is 5.51. The molecule has 0 atom stereocenters. The number of imidazole rings is 1. The van der Waals surface area contributed by atoms with E-state index in [2.05, 4.69) is 9.71 Å². The van der Waals surface area contributed by atoms with E-state index in [9.17, 15) is 8.42 Å². The SMILES string of the molecule is CCn1cnc(S(=O)(=O)NCC(C)(C)CCCO)c1. The molecule has 7 heteroatoms. The first-order valence-electron chi connectivity index (χ1n) is 6.43. The van der Waals surface area contributed by atoms with Crippen molar-refractivity contribution in [1.29, 1.82) is 0 Å². The molecule has 110 valence electrons. The summed E-state index contributed by atoms with van der Waals surface area (Å²) in [7, 11) is -3.55. The van der Waals surface area contributed by atoms with Gasteiger partial charge in [-0.2, -0.15) is 0 Å². The second-order valence-corrected chi connectivity index (χ2v) is 7.07. The van der Waals surface area contributed by atoms with Gasteiger partial charge in [-0.1, -0.05) is 13.8 Å². The van der Waals surface area contributed by atoms with E-state index in [4.69, 9.17) is 5.11 Å². The van der Waals surface area contributed by atoms with Gasteiger partial charge >= 0.3 is 0 Å². The van der Waals surface area contributed by atoms with Crippen LogP contribution in [-0.4, -0.2) is 36.2 Å². The third kappa shape index (κ3) is 4.93. The first-order valence-corrected chi connectivity index (χ1v) is 7.91. The minimum atomic E-state index is -3.55. The maximum Gasteiger partial charge on any atom is 0.259 e. The second kappa shape index (κ2) is 6.49. The average molecular weight is 289 g/mol. The summed E-state index contributed by atoms with van der Waals surface area (Å²) >= 11 is 0. The van der Waals surface area contributed by atoms with Crippen LogP contribution in [0.4, 0.5) is 0 Å². The van der Waals surface area contributed by atoms with Crippen LogP contribution in [0.1, 0.15) is 33.6 Å². The van der Waals surface area contributed by atoms with Gasteiger partial charge in [0.15, 0.2) is 5.03 Å². The Morgan fingerprint density at radius 1 is 1.47 bits per heavy atom. The number of rotatable bonds is 8. The zero-order valence-electron chi connectivity index (χ0n) is 11.8. The molecule has 0 fully saturated rings. The van der Waals surface area contributed by atoms with Crippen molar-refractivity contribution in [3.63, 3.8) is 0 Å². The standard InChI is InChI=1S/C12H23N3O3S/c1-4-15-8-11(13-10-15)19(17,18)14-9-12(2,3)6-5-7-16/h8,10,14,16H,4-7,9H2,1-3H3. The number of aliphatic hydroxyl groups is 1. The smallest absolute Gasteiger partial charge is 0.259 e. The van der Waals surface area contributed by atoms with Crippen LogP contribution < -0.4 is 4.72 Å². The lowest BCUT2D eigenvalue weighted by Crippen LogP contribution is -2.34. The highest BCUT2D eigenvalue weighted by Crippen LogP contribution is 2.21. The van der Waals surface area contributed by atoms with Crippen molar-refractivity contribution in [2.24, 2.45) is 5.41 Å². The maximum atomic E-state index is 12.0. The third-order valence-electron chi connectivity index (χ3n) is 3.00. The van der Waals surface area contributed by atoms with Crippen molar-refractivity contribution in [2.75, 3.05) is 13.2 Å². The highest BCUT2D eigenvalue weighted by atomic mass is 32.2. The Morgan fingerprint density at radius 2 is 2.16 bits per heavy atom. The molecule has 19 heavy (non-hydrogen) atoms. The van der Waals surface area contributed by atoms with E-state index in [0.29, 0.717) is 19.5 Å². The van der Waals surface area contributed by atoms with Crippen molar-refractivity contribution < 1.29 is 13.5 Å². The average Bonchev–Trinajstić information content (AvgIpc) is 2.84. The van der Waals surface area contributed by atoms with Gasteiger partial charge in [-0.3, -0.25) is 0 Å². The summed E-state index contributed by atoms with van der Waals surface area (Å²) < 4.78 is 28.4. The monoisotopic (exact) mass is 289 g/mol. The molecule has 2 N–H and O–H groups in total. The Bertz CT molecular complexity index is 494. The lowest BCUT2D eigenvalue weighted by molar-refractivity contribution is 0.242. The lowest BCUT2D eigenvalue weighted by atomic mass is 9.88. The number of hydrogen-bond acceptors (Lipinski definition) is 4. The number of hydrogen-bond donors (Lipinski definition) is 2. The van der Waals surface area contributed by atoms with E-state index >= 15 is 0 Å². The predicted molar refractivity (Wildman–Crippen MR) is 73.2 cm³/mol. The largest absolute Gasteiger partial charge is 0.396 e. The Hall–Kier alpha value is -0.920. The fraction of sp³-hybridized carbons (Fsp3) is 0.750. The fourth-order valence-corrected chi connectivity index (χ4v) is 2.85. The molecule has 0 aromatic carbocycles. The molecule has 0 spiro atoms. The Balaban J connectivity index is 2.65. The molecule has 0 aliphatic rings. The van der Waals surface area contributed by atoms with Crippen LogP contribution in [0.15, 0.2) is 17.6 Å². The van der Waals surface area contributed by atoms with Crippen LogP contribution in [0.3, 0.4) is 0 Å². The van der Waals surface area contributed by atoms with Crippen molar-refractivity contribution >= 4 is 10.0 Å². The van der Waals surface area contributed by atoms with Gasteiger partial charge in [0.2, 0.25) is 0 Å². The molecule has 0 aliphatic heterocycles. The molecule has 0 unspecified atom stereocenters. The molecular weight excluding hydrogens is 266 g/mol.